The van der Waals surface area contributed by atoms with Gasteiger partial charge in [0.1, 0.15) is 5.78 Å². The standard InChI is InChI=1S/C15H24O5/c1-5-19-12(17)15(4,13(18)20-6-2)14(3)9-7-8-11(16)10-14/h5-10H2,1-4H3. The quantitative estimate of drug-likeness (QED) is 0.572. The summed E-state index contributed by atoms with van der Waals surface area (Å²) in [5, 5.41) is 0. The first kappa shape index (κ1) is 16.7. The van der Waals surface area contributed by atoms with Gasteiger partial charge < -0.3 is 9.47 Å². The van der Waals surface area contributed by atoms with Crippen LogP contribution in [0.4, 0.5) is 0 Å². The first-order chi connectivity index (χ1) is 9.31. The Bertz CT molecular complexity index is 383. The summed E-state index contributed by atoms with van der Waals surface area (Å²) in [6.45, 7) is 7.12. The number of ether oxygens (including phenoxy) is 2. The molecule has 1 unspecified atom stereocenters. The third-order valence-corrected chi connectivity index (χ3v) is 4.35. The molecule has 0 aromatic carbocycles. The molecule has 0 heterocycles. The second-order valence-corrected chi connectivity index (χ2v) is 5.70. The van der Waals surface area contributed by atoms with Gasteiger partial charge in [-0.05, 0) is 33.6 Å². The molecule has 5 nitrogen and oxygen atoms in total. The van der Waals surface area contributed by atoms with E-state index in [2.05, 4.69) is 0 Å². The summed E-state index contributed by atoms with van der Waals surface area (Å²) in [5.41, 5.74) is -2.18. The maximum atomic E-state index is 12.4. The Kier molecular flexibility index (Phi) is 5.31. The fourth-order valence-electron chi connectivity index (χ4n) is 2.84. The highest BCUT2D eigenvalue weighted by atomic mass is 16.6. The van der Waals surface area contributed by atoms with E-state index in [9.17, 15) is 14.4 Å². The van der Waals surface area contributed by atoms with Crippen molar-refractivity contribution in [3.63, 3.8) is 0 Å². The van der Waals surface area contributed by atoms with Crippen molar-refractivity contribution in [3.8, 4) is 0 Å². The Labute approximate surface area is 120 Å². The van der Waals surface area contributed by atoms with Gasteiger partial charge in [0.25, 0.3) is 0 Å². The number of rotatable bonds is 5. The average molecular weight is 284 g/mol. The average Bonchev–Trinajstić information content (AvgIpc) is 2.37. The smallest absolute Gasteiger partial charge is 0.323 e. The first-order valence-corrected chi connectivity index (χ1v) is 7.18. The Balaban J connectivity index is 3.18. The first-order valence-electron chi connectivity index (χ1n) is 7.18. The molecule has 114 valence electrons. The van der Waals surface area contributed by atoms with Crippen LogP contribution in [0.3, 0.4) is 0 Å². The van der Waals surface area contributed by atoms with Crippen LogP contribution in [0, 0.1) is 10.8 Å². The van der Waals surface area contributed by atoms with Crippen molar-refractivity contribution in [2.45, 2.75) is 53.4 Å². The largest absolute Gasteiger partial charge is 0.465 e. The molecule has 5 heteroatoms. The minimum absolute atomic E-state index is 0.0820. The van der Waals surface area contributed by atoms with Gasteiger partial charge in [-0.25, -0.2) is 0 Å². The molecule has 0 N–H and O–H groups in total. The molecular weight excluding hydrogens is 260 g/mol. The van der Waals surface area contributed by atoms with Gasteiger partial charge in [0.2, 0.25) is 0 Å². The van der Waals surface area contributed by atoms with Crippen LogP contribution in [0.1, 0.15) is 53.4 Å². The Morgan fingerprint density at radius 2 is 1.70 bits per heavy atom. The van der Waals surface area contributed by atoms with E-state index in [-0.39, 0.29) is 25.4 Å². The van der Waals surface area contributed by atoms with E-state index in [1.54, 1.807) is 27.7 Å². The number of ketones is 1. The maximum absolute atomic E-state index is 12.4. The molecule has 0 aliphatic heterocycles. The van der Waals surface area contributed by atoms with E-state index >= 15 is 0 Å². The number of carbonyl (C=O) groups is 3. The van der Waals surface area contributed by atoms with Crippen LogP contribution >= 0.6 is 0 Å². The minimum atomic E-state index is -1.44. The summed E-state index contributed by atoms with van der Waals surface area (Å²) >= 11 is 0. The molecule has 0 amide bonds. The third-order valence-electron chi connectivity index (χ3n) is 4.35. The molecule has 0 bridgehead atoms. The highest BCUT2D eigenvalue weighted by Gasteiger charge is 2.59. The summed E-state index contributed by atoms with van der Waals surface area (Å²) in [6.07, 6.45) is 2.04. The molecule has 1 saturated carbocycles. The van der Waals surface area contributed by atoms with Gasteiger partial charge in [0.15, 0.2) is 5.41 Å². The minimum Gasteiger partial charge on any atom is -0.465 e. The van der Waals surface area contributed by atoms with Gasteiger partial charge in [0, 0.05) is 18.3 Å². The van der Waals surface area contributed by atoms with Gasteiger partial charge in [0.05, 0.1) is 13.2 Å². The predicted octanol–water partition coefficient (Wildman–Crippen LogP) is 2.27. The van der Waals surface area contributed by atoms with Crippen molar-refractivity contribution < 1.29 is 23.9 Å². The summed E-state index contributed by atoms with van der Waals surface area (Å²) in [5.74, 6) is -1.12. The van der Waals surface area contributed by atoms with E-state index < -0.39 is 22.8 Å². The van der Waals surface area contributed by atoms with Crippen LogP contribution in [0.25, 0.3) is 0 Å². The molecule has 1 rings (SSSR count). The maximum Gasteiger partial charge on any atom is 0.323 e. The lowest BCUT2D eigenvalue weighted by Gasteiger charge is -2.44. The highest BCUT2D eigenvalue weighted by Crippen LogP contribution is 2.50. The summed E-state index contributed by atoms with van der Waals surface area (Å²) < 4.78 is 10.2. The van der Waals surface area contributed by atoms with Crippen molar-refractivity contribution >= 4 is 17.7 Å². The molecule has 0 aromatic heterocycles. The number of esters is 2. The Hall–Kier alpha value is -1.39. The molecule has 1 fully saturated rings. The van der Waals surface area contributed by atoms with Crippen molar-refractivity contribution in [1.82, 2.24) is 0 Å². The Morgan fingerprint density at radius 3 is 2.10 bits per heavy atom. The normalized spacial score (nSPS) is 23.3. The van der Waals surface area contributed by atoms with Gasteiger partial charge in [-0.15, -0.1) is 0 Å². The van der Waals surface area contributed by atoms with Crippen LogP contribution in [0.15, 0.2) is 0 Å². The van der Waals surface area contributed by atoms with Crippen molar-refractivity contribution in [3.05, 3.63) is 0 Å². The fourth-order valence-corrected chi connectivity index (χ4v) is 2.84. The highest BCUT2D eigenvalue weighted by molar-refractivity contribution is 6.01. The lowest BCUT2D eigenvalue weighted by atomic mass is 9.58. The third kappa shape index (κ3) is 2.86. The molecule has 1 aliphatic carbocycles. The van der Waals surface area contributed by atoms with Crippen molar-refractivity contribution in [2.24, 2.45) is 10.8 Å². The van der Waals surface area contributed by atoms with Gasteiger partial charge in [-0.3, -0.25) is 14.4 Å². The van der Waals surface area contributed by atoms with E-state index in [0.29, 0.717) is 19.3 Å². The summed E-state index contributed by atoms with van der Waals surface area (Å²) in [4.78, 5) is 36.5. The lowest BCUT2D eigenvalue weighted by Crippen LogP contribution is -2.53. The Morgan fingerprint density at radius 1 is 1.20 bits per heavy atom. The van der Waals surface area contributed by atoms with Gasteiger partial charge in [-0.2, -0.15) is 0 Å². The molecule has 1 aliphatic rings. The van der Waals surface area contributed by atoms with Gasteiger partial charge >= 0.3 is 11.9 Å². The molecular formula is C15H24O5. The SMILES string of the molecule is CCOC(=O)C(C)(C(=O)OCC)C1(C)CCCC(=O)C1. The number of carbonyl (C=O) groups excluding carboxylic acids is 3. The lowest BCUT2D eigenvalue weighted by molar-refractivity contribution is -0.183. The van der Waals surface area contributed by atoms with E-state index in [1.807, 2.05) is 0 Å². The zero-order chi connectivity index (χ0) is 15.4. The number of hydrogen-bond donors (Lipinski definition) is 0. The molecule has 20 heavy (non-hydrogen) atoms. The second-order valence-electron chi connectivity index (χ2n) is 5.70. The number of hydrogen-bond acceptors (Lipinski definition) is 5. The van der Waals surface area contributed by atoms with Crippen LogP contribution in [0.5, 0.6) is 0 Å². The zero-order valence-corrected chi connectivity index (χ0v) is 12.8. The monoisotopic (exact) mass is 284 g/mol. The topological polar surface area (TPSA) is 69.7 Å². The molecule has 0 saturated heterocycles. The van der Waals surface area contributed by atoms with Crippen molar-refractivity contribution in [2.75, 3.05) is 13.2 Å². The molecule has 0 aromatic rings. The van der Waals surface area contributed by atoms with Crippen LogP contribution in [0.2, 0.25) is 0 Å². The predicted molar refractivity (Wildman–Crippen MR) is 73.0 cm³/mol. The van der Waals surface area contributed by atoms with Gasteiger partial charge in [-0.1, -0.05) is 6.92 Å². The van der Waals surface area contributed by atoms with E-state index in [0.717, 1.165) is 0 Å². The summed E-state index contributed by atoms with van der Waals surface area (Å²) in [6, 6.07) is 0. The fraction of sp³-hybridized carbons (Fsp3) is 0.800. The summed E-state index contributed by atoms with van der Waals surface area (Å²) in [7, 11) is 0. The van der Waals surface area contributed by atoms with E-state index in [4.69, 9.17) is 9.47 Å². The van der Waals surface area contributed by atoms with Crippen LogP contribution < -0.4 is 0 Å². The van der Waals surface area contributed by atoms with Crippen molar-refractivity contribution in [1.29, 1.82) is 0 Å². The van der Waals surface area contributed by atoms with E-state index in [1.165, 1.54) is 0 Å². The number of Topliss-reactive ketones (excluding diaryl/α,β-unsaturated/α-hetero) is 1. The van der Waals surface area contributed by atoms with Crippen LogP contribution in [-0.4, -0.2) is 30.9 Å². The molecule has 0 spiro atoms. The molecule has 1 atom stereocenters. The second kappa shape index (κ2) is 6.37. The molecule has 0 radical (unpaired) electrons. The van der Waals surface area contributed by atoms with Crippen LogP contribution in [-0.2, 0) is 23.9 Å². The zero-order valence-electron chi connectivity index (χ0n) is 12.8.